The molecule has 0 aliphatic heterocycles. The molecule has 0 fully saturated rings. The highest BCUT2D eigenvalue weighted by Crippen LogP contribution is 2.31. The first-order valence-electron chi connectivity index (χ1n) is 3.59. The second kappa shape index (κ2) is 3.40. The van der Waals surface area contributed by atoms with Crippen LogP contribution in [0, 0.1) is 0 Å². The van der Waals surface area contributed by atoms with Crippen molar-refractivity contribution in [2.24, 2.45) is 0 Å². The highest BCUT2D eigenvalue weighted by molar-refractivity contribution is 9.10. The molecule has 1 aromatic heterocycles. The van der Waals surface area contributed by atoms with Gasteiger partial charge in [-0.2, -0.15) is 12.6 Å². The Labute approximate surface area is 89.1 Å². The van der Waals surface area contributed by atoms with Gasteiger partial charge in [0.05, 0.1) is 0 Å². The quantitative estimate of drug-likeness (QED) is 0.732. The maximum Gasteiger partial charge on any atom is 0.0357 e. The fraction of sp³-hybridized carbons (Fsp3) is 0.111. The molecule has 0 unspecified atom stereocenters. The van der Waals surface area contributed by atoms with Gasteiger partial charge < -0.3 is 0 Å². The Morgan fingerprint density at radius 1 is 1.42 bits per heavy atom. The Bertz CT molecular complexity index is 406. The molecule has 0 atom stereocenters. The lowest BCUT2D eigenvalue weighted by molar-refractivity contribution is 1.58. The average Bonchev–Trinajstić information content (AvgIpc) is 2.49. The van der Waals surface area contributed by atoms with Crippen molar-refractivity contribution < 1.29 is 0 Å². The van der Waals surface area contributed by atoms with Crippen LogP contribution in [0.25, 0.3) is 10.1 Å². The first-order chi connectivity index (χ1) is 5.81. The normalized spacial score (nSPS) is 10.8. The lowest BCUT2D eigenvalue weighted by Gasteiger charge is -1.89. The Morgan fingerprint density at radius 2 is 2.25 bits per heavy atom. The van der Waals surface area contributed by atoms with Gasteiger partial charge in [-0.05, 0) is 18.2 Å². The number of rotatable bonds is 1. The third kappa shape index (κ3) is 1.41. The molecule has 1 heterocycles. The Kier molecular flexibility index (Phi) is 2.44. The van der Waals surface area contributed by atoms with Gasteiger partial charge in [0.25, 0.3) is 0 Å². The van der Waals surface area contributed by atoms with Gasteiger partial charge >= 0.3 is 0 Å². The van der Waals surface area contributed by atoms with Crippen LogP contribution in [0.3, 0.4) is 0 Å². The summed E-state index contributed by atoms with van der Waals surface area (Å²) in [7, 11) is 0. The summed E-state index contributed by atoms with van der Waals surface area (Å²) in [5.41, 5.74) is 0. The number of thiol groups is 1. The lowest BCUT2D eigenvalue weighted by atomic mass is 10.2. The van der Waals surface area contributed by atoms with E-state index in [0.717, 1.165) is 5.75 Å². The average molecular weight is 259 g/mol. The van der Waals surface area contributed by atoms with Crippen molar-refractivity contribution in [3.63, 3.8) is 0 Å². The summed E-state index contributed by atoms with van der Waals surface area (Å²) >= 11 is 9.58. The zero-order valence-electron chi connectivity index (χ0n) is 6.25. The van der Waals surface area contributed by atoms with Crippen molar-refractivity contribution in [1.82, 2.24) is 0 Å². The second-order valence-corrected chi connectivity index (χ2v) is 4.86. The van der Waals surface area contributed by atoms with Crippen molar-refractivity contribution in [2.45, 2.75) is 5.75 Å². The van der Waals surface area contributed by atoms with Crippen LogP contribution >= 0.6 is 39.9 Å². The van der Waals surface area contributed by atoms with Crippen LogP contribution in [0.5, 0.6) is 0 Å². The zero-order chi connectivity index (χ0) is 8.55. The first-order valence-corrected chi connectivity index (χ1v) is 5.83. The Morgan fingerprint density at radius 3 is 2.92 bits per heavy atom. The van der Waals surface area contributed by atoms with Crippen LogP contribution in [-0.2, 0) is 5.75 Å². The van der Waals surface area contributed by atoms with Gasteiger partial charge in [-0.1, -0.05) is 22.0 Å². The van der Waals surface area contributed by atoms with Gasteiger partial charge in [0, 0.05) is 25.2 Å². The summed E-state index contributed by atoms with van der Waals surface area (Å²) in [6, 6.07) is 8.46. The maximum absolute atomic E-state index is 4.25. The highest BCUT2D eigenvalue weighted by Gasteiger charge is 2.02. The van der Waals surface area contributed by atoms with E-state index in [2.05, 4.69) is 52.8 Å². The number of hydrogen-bond donors (Lipinski definition) is 1. The van der Waals surface area contributed by atoms with E-state index in [-0.39, 0.29) is 0 Å². The molecule has 12 heavy (non-hydrogen) atoms. The van der Waals surface area contributed by atoms with E-state index in [1.54, 1.807) is 11.3 Å². The van der Waals surface area contributed by atoms with Gasteiger partial charge in [0.2, 0.25) is 0 Å². The van der Waals surface area contributed by atoms with Crippen LogP contribution in [0.4, 0.5) is 0 Å². The number of benzene rings is 1. The van der Waals surface area contributed by atoms with Gasteiger partial charge in [0.15, 0.2) is 0 Å². The molecule has 0 aliphatic carbocycles. The molecule has 2 rings (SSSR count). The predicted molar refractivity (Wildman–Crippen MR) is 62.2 cm³/mol. The molecular weight excluding hydrogens is 252 g/mol. The van der Waals surface area contributed by atoms with E-state index < -0.39 is 0 Å². The molecule has 0 nitrogen and oxygen atoms in total. The van der Waals surface area contributed by atoms with Crippen LogP contribution in [0.1, 0.15) is 4.88 Å². The van der Waals surface area contributed by atoms with E-state index in [1.165, 1.54) is 19.4 Å². The summed E-state index contributed by atoms with van der Waals surface area (Å²) in [5.74, 6) is 0.825. The minimum absolute atomic E-state index is 0.825. The molecule has 0 spiro atoms. The van der Waals surface area contributed by atoms with Crippen molar-refractivity contribution in [3.05, 3.63) is 33.6 Å². The molecule has 2 aromatic rings. The van der Waals surface area contributed by atoms with Crippen molar-refractivity contribution in [2.75, 3.05) is 0 Å². The molecule has 0 aliphatic rings. The second-order valence-electron chi connectivity index (χ2n) is 2.52. The number of thiophene rings is 1. The third-order valence-corrected chi connectivity index (χ3v) is 4.06. The fourth-order valence-corrected chi connectivity index (χ4v) is 3.00. The van der Waals surface area contributed by atoms with E-state index in [1.807, 2.05) is 0 Å². The molecule has 0 bridgehead atoms. The molecule has 0 N–H and O–H groups in total. The zero-order valence-corrected chi connectivity index (χ0v) is 9.55. The first kappa shape index (κ1) is 8.60. The van der Waals surface area contributed by atoms with E-state index in [0.29, 0.717) is 0 Å². The third-order valence-electron chi connectivity index (χ3n) is 1.72. The molecule has 0 amide bonds. The SMILES string of the molecule is SCc1cc2c(Br)cccc2s1. The van der Waals surface area contributed by atoms with Gasteiger partial charge in [-0.15, -0.1) is 11.3 Å². The van der Waals surface area contributed by atoms with Crippen molar-refractivity contribution >= 4 is 50.0 Å². The monoisotopic (exact) mass is 258 g/mol. The van der Waals surface area contributed by atoms with Crippen LogP contribution < -0.4 is 0 Å². The van der Waals surface area contributed by atoms with E-state index in [9.17, 15) is 0 Å². The van der Waals surface area contributed by atoms with E-state index >= 15 is 0 Å². The van der Waals surface area contributed by atoms with Gasteiger partial charge in [0.1, 0.15) is 0 Å². The minimum atomic E-state index is 0.825. The van der Waals surface area contributed by atoms with Crippen LogP contribution in [0.2, 0.25) is 0 Å². The molecule has 0 saturated carbocycles. The molecule has 62 valence electrons. The topological polar surface area (TPSA) is 0 Å². The van der Waals surface area contributed by atoms with Gasteiger partial charge in [-0.3, -0.25) is 0 Å². The van der Waals surface area contributed by atoms with Crippen molar-refractivity contribution in [3.8, 4) is 0 Å². The molecule has 0 saturated heterocycles. The Hall–Kier alpha value is 0.01000. The summed E-state index contributed by atoms with van der Waals surface area (Å²) in [6.45, 7) is 0. The summed E-state index contributed by atoms with van der Waals surface area (Å²) in [6.07, 6.45) is 0. The van der Waals surface area contributed by atoms with Crippen molar-refractivity contribution in [1.29, 1.82) is 0 Å². The van der Waals surface area contributed by atoms with E-state index in [4.69, 9.17) is 0 Å². The van der Waals surface area contributed by atoms with Crippen LogP contribution in [-0.4, -0.2) is 0 Å². The fourth-order valence-electron chi connectivity index (χ4n) is 1.16. The molecule has 1 aromatic carbocycles. The molecule has 0 radical (unpaired) electrons. The van der Waals surface area contributed by atoms with Gasteiger partial charge in [-0.25, -0.2) is 0 Å². The molecule has 3 heteroatoms. The summed E-state index contributed by atoms with van der Waals surface area (Å²) in [4.78, 5) is 1.32. The smallest absolute Gasteiger partial charge is 0.0357 e. The summed E-state index contributed by atoms with van der Waals surface area (Å²) < 4.78 is 2.50. The highest BCUT2D eigenvalue weighted by atomic mass is 79.9. The largest absolute Gasteiger partial charge is 0.174 e. The number of hydrogen-bond acceptors (Lipinski definition) is 2. The summed E-state index contributed by atoms with van der Waals surface area (Å²) in [5, 5.41) is 1.30. The lowest BCUT2D eigenvalue weighted by Crippen LogP contribution is -1.64. The number of fused-ring (bicyclic) bond motifs is 1. The minimum Gasteiger partial charge on any atom is -0.174 e. The Balaban J connectivity index is 2.74. The number of halogens is 1. The molecular formula is C9H7BrS2. The predicted octanol–water partition coefficient (Wildman–Crippen LogP) is 4.09. The standard InChI is InChI=1S/C9H7BrS2/c10-8-2-1-3-9-7(8)4-6(5-11)12-9/h1-4,11H,5H2. The maximum atomic E-state index is 4.25. The van der Waals surface area contributed by atoms with Crippen LogP contribution in [0.15, 0.2) is 28.7 Å².